The maximum absolute atomic E-state index is 14.0. The Morgan fingerprint density at radius 3 is 2.41 bits per heavy atom. The van der Waals surface area contributed by atoms with Gasteiger partial charge in [-0.05, 0) is 55.7 Å². The molecule has 1 amide bonds. The second kappa shape index (κ2) is 12.5. The molecule has 1 aromatic carbocycles. The van der Waals surface area contributed by atoms with Crippen molar-refractivity contribution in [1.82, 2.24) is 19.6 Å². The highest BCUT2D eigenvalue weighted by molar-refractivity contribution is 6.31. The highest BCUT2D eigenvalue weighted by Crippen LogP contribution is 2.58. The van der Waals surface area contributed by atoms with Crippen LogP contribution in [0.5, 0.6) is 0 Å². The minimum atomic E-state index is -4.89. The van der Waals surface area contributed by atoms with Gasteiger partial charge in [0.05, 0.1) is 36.3 Å². The first-order valence-electron chi connectivity index (χ1n) is 14.3. The van der Waals surface area contributed by atoms with Crippen LogP contribution < -0.4 is 11.1 Å². The van der Waals surface area contributed by atoms with Gasteiger partial charge < -0.3 is 25.6 Å². The van der Waals surface area contributed by atoms with Crippen molar-refractivity contribution in [3.8, 4) is 0 Å². The summed E-state index contributed by atoms with van der Waals surface area (Å²) in [4.78, 5) is 36.4. The maximum atomic E-state index is 14.0. The number of anilines is 2. The molecule has 12 nitrogen and oxygen atoms in total. The van der Waals surface area contributed by atoms with E-state index >= 15 is 0 Å². The molecular formula is C29H31ClF4N6O6. The second-order valence-electron chi connectivity index (χ2n) is 11.6. The number of hydrogen-bond acceptors (Lipinski definition) is 9. The van der Waals surface area contributed by atoms with Gasteiger partial charge in [0.2, 0.25) is 0 Å². The van der Waals surface area contributed by atoms with Gasteiger partial charge in [0.1, 0.15) is 17.2 Å². The molecule has 4 N–H and O–H groups in total. The Labute approximate surface area is 264 Å². The van der Waals surface area contributed by atoms with Crippen LogP contribution in [-0.2, 0) is 44.6 Å². The number of carbonyl (C=O) groups is 3. The number of aryl methyl sites for hydroxylation is 1. The fourth-order valence-electron chi connectivity index (χ4n) is 6.50. The monoisotopic (exact) mass is 670 g/mol. The standard InChI is InChI=1S/C29H31ClF4N6O6/c1-39-26(35)23(27(43)36-17-3-4-20(31)19(30)9-17)24(37-39)14-7-15-10-28(44,11-16(15)8-14)18-12-40(38-25(18)29(32,33)34)13-46-22(42)6-5-21(41)45-2/h3-4,9,12,14-16,44H,5-8,10-11,13,35H2,1-2H3,(H,36,43). The van der Waals surface area contributed by atoms with E-state index in [1.807, 2.05) is 0 Å². The van der Waals surface area contributed by atoms with Gasteiger partial charge in [-0.3, -0.25) is 19.1 Å². The number of nitrogens with zero attached hydrogens (tertiary/aromatic N) is 4. The van der Waals surface area contributed by atoms with E-state index < -0.39 is 53.4 Å². The van der Waals surface area contributed by atoms with Gasteiger partial charge in [0.25, 0.3) is 5.91 Å². The third kappa shape index (κ3) is 6.67. The van der Waals surface area contributed by atoms with Crippen molar-refractivity contribution in [2.24, 2.45) is 18.9 Å². The van der Waals surface area contributed by atoms with Crippen LogP contribution in [0.1, 0.15) is 71.8 Å². The van der Waals surface area contributed by atoms with Crippen LogP contribution in [0, 0.1) is 17.7 Å². The minimum absolute atomic E-state index is 0.000217. The summed E-state index contributed by atoms with van der Waals surface area (Å²) in [7, 11) is 2.73. The zero-order chi connectivity index (χ0) is 33.6. The van der Waals surface area contributed by atoms with Crippen LogP contribution in [0.15, 0.2) is 24.4 Å². The molecule has 2 fully saturated rings. The van der Waals surface area contributed by atoms with Crippen molar-refractivity contribution >= 4 is 41.0 Å². The molecule has 2 unspecified atom stereocenters. The largest absolute Gasteiger partial charge is 0.469 e. The van der Waals surface area contributed by atoms with Crippen LogP contribution in [-0.4, -0.2) is 49.6 Å². The van der Waals surface area contributed by atoms with Gasteiger partial charge in [0.15, 0.2) is 12.4 Å². The van der Waals surface area contributed by atoms with Crippen LogP contribution >= 0.6 is 11.6 Å². The highest BCUT2D eigenvalue weighted by Gasteiger charge is 2.54. The summed E-state index contributed by atoms with van der Waals surface area (Å²) in [5.41, 5.74) is 3.43. The lowest BCUT2D eigenvalue weighted by Crippen LogP contribution is -2.26. The molecule has 2 atom stereocenters. The Morgan fingerprint density at radius 1 is 1.15 bits per heavy atom. The van der Waals surface area contributed by atoms with Gasteiger partial charge in [-0.25, -0.2) is 9.07 Å². The van der Waals surface area contributed by atoms with Crippen molar-refractivity contribution in [2.45, 2.75) is 63.0 Å². The maximum Gasteiger partial charge on any atom is 0.435 e. The van der Waals surface area contributed by atoms with E-state index in [0.29, 0.717) is 18.5 Å². The van der Waals surface area contributed by atoms with E-state index in [9.17, 15) is 37.1 Å². The summed E-state index contributed by atoms with van der Waals surface area (Å²) in [6.07, 6.45) is -3.59. The normalized spacial score (nSPS) is 22.5. The number of hydrogen-bond donors (Lipinski definition) is 3. The number of carbonyl (C=O) groups excluding carboxylic acids is 3. The van der Waals surface area contributed by atoms with E-state index in [0.717, 1.165) is 24.1 Å². The first kappa shape index (κ1) is 33.2. The third-order valence-corrected chi connectivity index (χ3v) is 8.89. The molecule has 2 aliphatic carbocycles. The number of halogens is 5. The lowest BCUT2D eigenvalue weighted by Gasteiger charge is -2.25. The topological polar surface area (TPSA) is 164 Å². The summed E-state index contributed by atoms with van der Waals surface area (Å²) < 4.78 is 67.2. The molecule has 0 spiro atoms. The Balaban J connectivity index is 1.30. The smallest absolute Gasteiger partial charge is 0.435 e. The van der Waals surface area contributed by atoms with Crippen LogP contribution in [0.25, 0.3) is 0 Å². The quantitative estimate of drug-likeness (QED) is 0.220. The number of methoxy groups -OCH3 is 1. The van der Waals surface area contributed by atoms with Crippen molar-refractivity contribution in [2.75, 3.05) is 18.2 Å². The predicted molar refractivity (Wildman–Crippen MR) is 154 cm³/mol. The van der Waals surface area contributed by atoms with E-state index in [4.69, 9.17) is 22.1 Å². The molecule has 0 bridgehead atoms. The summed E-state index contributed by atoms with van der Waals surface area (Å²) in [6, 6.07) is 3.71. The van der Waals surface area contributed by atoms with Crippen LogP contribution in [0.2, 0.25) is 5.02 Å². The van der Waals surface area contributed by atoms with Gasteiger partial charge >= 0.3 is 18.1 Å². The fraction of sp³-hybridized carbons (Fsp3) is 0.483. The molecule has 0 saturated heterocycles. The highest BCUT2D eigenvalue weighted by atomic mass is 35.5. The van der Waals surface area contributed by atoms with E-state index in [2.05, 4.69) is 20.3 Å². The SMILES string of the molecule is COC(=O)CCC(=O)OCn1cc(C2(O)CC3CC(c4nn(C)c(N)c4C(=O)Nc4ccc(F)c(Cl)c4)CC3C2)c(C(F)(F)F)n1. The number of fused-ring (bicyclic) bond motifs is 1. The molecule has 3 aromatic rings. The number of nitrogens with one attached hydrogen (secondary N) is 1. The number of esters is 2. The molecule has 17 heteroatoms. The summed E-state index contributed by atoms with van der Waals surface area (Å²) >= 11 is 5.84. The van der Waals surface area contributed by atoms with E-state index in [-0.39, 0.29) is 65.5 Å². The summed E-state index contributed by atoms with van der Waals surface area (Å²) in [5.74, 6) is -3.28. The number of nitrogens with two attached hydrogens (primary N) is 1. The van der Waals surface area contributed by atoms with Gasteiger partial charge in [0, 0.05) is 30.4 Å². The lowest BCUT2D eigenvalue weighted by molar-refractivity contribution is -0.152. The number of benzene rings is 1. The molecule has 5 rings (SSSR count). The number of amides is 1. The summed E-state index contributed by atoms with van der Waals surface area (Å²) in [5, 5.41) is 22.1. The predicted octanol–water partition coefficient (Wildman–Crippen LogP) is 4.51. The molecule has 0 radical (unpaired) electrons. The van der Waals surface area contributed by atoms with E-state index in [1.54, 1.807) is 7.05 Å². The molecule has 2 heterocycles. The zero-order valence-electron chi connectivity index (χ0n) is 24.7. The van der Waals surface area contributed by atoms with Crippen LogP contribution in [0.4, 0.5) is 29.1 Å². The second-order valence-corrected chi connectivity index (χ2v) is 12.0. The molecule has 248 valence electrons. The van der Waals surface area contributed by atoms with Crippen molar-refractivity contribution < 1.29 is 46.5 Å². The van der Waals surface area contributed by atoms with Gasteiger partial charge in [-0.15, -0.1) is 0 Å². The number of aromatic nitrogens is 4. The Hall–Kier alpha value is -4.18. The summed E-state index contributed by atoms with van der Waals surface area (Å²) in [6.45, 7) is -0.649. The molecule has 0 aliphatic heterocycles. The number of aliphatic hydroxyl groups is 1. The first-order chi connectivity index (χ1) is 21.6. The molecular weight excluding hydrogens is 640 g/mol. The molecule has 2 aromatic heterocycles. The average molecular weight is 671 g/mol. The third-order valence-electron chi connectivity index (χ3n) is 8.60. The number of rotatable bonds is 9. The Bertz CT molecular complexity index is 1660. The average Bonchev–Trinajstić information content (AvgIpc) is 3.74. The van der Waals surface area contributed by atoms with Crippen molar-refractivity contribution in [3.05, 3.63) is 57.8 Å². The molecule has 46 heavy (non-hydrogen) atoms. The minimum Gasteiger partial charge on any atom is -0.469 e. The number of ether oxygens (including phenoxy) is 2. The first-order valence-corrected chi connectivity index (χ1v) is 14.7. The van der Waals surface area contributed by atoms with Gasteiger partial charge in [-0.2, -0.15) is 23.4 Å². The fourth-order valence-corrected chi connectivity index (χ4v) is 6.68. The van der Waals surface area contributed by atoms with Gasteiger partial charge in [-0.1, -0.05) is 11.6 Å². The molecule has 2 aliphatic rings. The van der Waals surface area contributed by atoms with Crippen molar-refractivity contribution in [1.29, 1.82) is 0 Å². The van der Waals surface area contributed by atoms with Crippen molar-refractivity contribution in [3.63, 3.8) is 0 Å². The molecule has 2 saturated carbocycles. The lowest BCUT2D eigenvalue weighted by atomic mass is 9.87. The Morgan fingerprint density at radius 2 is 1.80 bits per heavy atom. The number of nitrogen functional groups attached to an aromatic ring is 1. The number of alkyl halides is 3. The zero-order valence-corrected chi connectivity index (χ0v) is 25.5. The Kier molecular flexibility index (Phi) is 9.05. The van der Waals surface area contributed by atoms with Crippen LogP contribution in [0.3, 0.4) is 0 Å². The van der Waals surface area contributed by atoms with E-state index in [1.165, 1.54) is 16.8 Å².